The Morgan fingerprint density at radius 2 is 1.36 bits per heavy atom. The molecule has 3 aromatic carbocycles. The Hall–Kier alpha value is -4.11. The zero-order valence-corrected chi connectivity index (χ0v) is 20.1. The molecule has 3 rings (SSSR count). The summed E-state index contributed by atoms with van der Waals surface area (Å²) < 4.78 is 0. The number of hydrogen-bond acceptors (Lipinski definition) is 6. The van der Waals surface area contributed by atoms with Crippen LogP contribution in [0.5, 0.6) is 0 Å². The number of carboxylic acids is 2. The van der Waals surface area contributed by atoms with Gasteiger partial charge in [-0.2, -0.15) is 0 Å². The predicted molar refractivity (Wildman–Crippen MR) is 138 cm³/mol. The lowest BCUT2D eigenvalue weighted by atomic mass is 10.0. The van der Waals surface area contributed by atoms with Gasteiger partial charge in [0.05, 0.1) is 6.42 Å². The fourth-order valence-corrected chi connectivity index (χ4v) is 4.70. The second-order valence-corrected chi connectivity index (χ2v) is 9.38. The second-order valence-electron chi connectivity index (χ2n) is 8.11. The van der Waals surface area contributed by atoms with Crippen molar-refractivity contribution in [1.82, 2.24) is 5.32 Å². The SMILES string of the molecule is O=C(O)C[C@@](NC(=O)CC(Cc1ccccc1)SC(=O)c1ccccc1)(Nc1ccccc1)C(=O)O. The number of anilines is 1. The van der Waals surface area contributed by atoms with Gasteiger partial charge >= 0.3 is 11.9 Å². The van der Waals surface area contributed by atoms with Gasteiger partial charge in [0.1, 0.15) is 0 Å². The summed E-state index contributed by atoms with van der Waals surface area (Å²) in [5.41, 5.74) is -0.565. The summed E-state index contributed by atoms with van der Waals surface area (Å²) in [5.74, 6) is -3.65. The van der Waals surface area contributed by atoms with E-state index in [9.17, 15) is 29.4 Å². The van der Waals surface area contributed by atoms with E-state index in [0.717, 1.165) is 17.3 Å². The Bertz CT molecular complexity index is 1190. The summed E-state index contributed by atoms with van der Waals surface area (Å²) in [6.07, 6.45) is -0.728. The molecular weight excluding hydrogens is 480 g/mol. The van der Waals surface area contributed by atoms with Gasteiger partial charge in [0.25, 0.3) is 0 Å². The molecule has 3 aromatic rings. The first kappa shape index (κ1) is 26.5. The molecule has 186 valence electrons. The molecule has 1 amide bonds. The summed E-state index contributed by atoms with van der Waals surface area (Å²) in [4.78, 5) is 49.8. The van der Waals surface area contributed by atoms with Crippen molar-refractivity contribution < 1.29 is 29.4 Å². The average molecular weight is 507 g/mol. The largest absolute Gasteiger partial charge is 0.481 e. The molecule has 0 saturated carbocycles. The van der Waals surface area contributed by atoms with Crippen molar-refractivity contribution in [2.24, 2.45) is 0 Å². The molecule has 9 heteroatoms. The third-order valence-electron chi connectivity index (χ3n) is 5.27. The van der Waals surface area contributed by atoms with Crippen LogP contribution in [0.4, 0.5) is 5.69 Å². The van der Waals surface area contributed by atoms with E-state index in [1.54, 1.807) is 60.7 Å². The molecule has 0 heterocycles. The summed E-state index contributed by atoms with van der Waals surface area (Å²) >= 11 is 0.989. The highest BCUT2D eigenvalue weighted by Gasteiger charge is 2.43. The lowest BCUT2D eigenvalue weighted by Crippen LogP contribution is -2.61. The number of aliphatic carboxylic acids is 2. The van der Waals surface area contributed by atoms with Crippen LogP contribution in [0.15, 0.2) is 91.0 Å². The average Bonchev–Trinajstić information content (AvgIpc) is 2.85. The predicted octanol–water partition coefficient (Wildman–Crippen LogP) is 4.05. The van der Waals surface area contributed by atoms with E-state index in [-0.39, 0.29) is 11.5 Å². The molecule has 0 aromatic heterocycles. The Kier molecular flexibility index (Phi) is 9.24. The lowest BCUT2D eigenvalue weighted by Gasteiger charge is -2.31. The Labute approximate surface area is 212 Å². The number of benzene rings is 3. The number of rotatable bonds is 12. The molecule has 0 aliphatic heterocycles. The minimum Gasteiger partial charge on any atom is -0.481 e. The Balaban J connectivity index is 1.82. The van der Waals surface area contributed by atoms with Crippen molar-refractivity contribution in [1.29, 1.82) is 0 Å². The molecule has 0 radical (unpaired) electrons. The molecule has 8 nitrogen and oxygen atoms in total. The fraction of sp³-hybridized carbons (Fsp3) is 0.185. The monoisotopic (exact) mass is 506 g/mol. The van der Waals surface area contributed by atoms with Crippen molar-refractivity contribution in [3.63, 3.8) is 0 Å². The fourth-order valence-electron chi connectivity index (χ4n) is 3.62. The molecule has 4 N–H and O–H groups in total. The molecule has 2 atom stereocenters. The first-order valence-corrected chi connectivity index (χ1v) is 12.0. The smallest absolute Gasteiger partial charge is 0.351 e. The van der Waals surface area contributed by atoms with E-state index in [4.69, 9.17) is 0 Å². The number of hydrogen-bond donors (Lipinski definition) is 4. The lowest BCUT2D eigenvalue weighted by molar-refractivity contribution is -0.151. The van der Waals surface area contributed by atoms with Crippen LogP contribution in [0.3, 0.4) is 0 Å². The molecule has 0 aliphatic rings. The maximum Gasteiger partial charge on any atom is 0.351 e. The van der Waals surface area contributed by atoms with Gasteiger partial charge in [0.2, 0.25) is 16.7 Å². The van der Waals surface area contributed by atoms with Gasteiger partial charge in [-0.1, -0.05) is 90.6 Å². The van der Waals surface area contributed by atoms with Crippen molar-refractivity contribution >= 4 is 40.4 Å². The van der Waals surface area contributed by atoms with E-state index in [2.05, 4.69) is 10.6 Å². The van der Waals surface area contributed by atoms with Crippen molar-refractivity contribution in [2.75, 3.05) is 5.32 Å². The van der Waals surface area contributed by atoms with Crippen LogP contribution in [0.2, 0.25) is 0 Å². The van der Waals surface area contributed by atoms with Crippen LogP contribution in [-0.2, 0) is 20.8 Å². The molecule has 0 aliphatic carbocycles. The quantitative estimate of drug-likeness (QED) is 0.271. The molecule has 1 unspecified atom stereocenters. The molecule has 0 bridgehead atoms. The minimum atomic E-state index is -2.28. The minimum absolute atomic E-state index is 0.205. The number of amides is 1. The van der Waals surface area contributed by atoms with Crippen LogP contribution in [-0.4, -0.2) is 44.1 Å². The number of carbonyl (C=O) groups is 4. The highest BCUT2D eigenvalue weighted by Crippen LogP contribution is 2.25. The van der Waals surface area contributed by atoms with Gasteiger partial charge in [-0.3, -0.25) is 14.4 Å². The highest BCUT2D eigenvalue weighted by molar-refractivity contribution is 8.14. The number of nitrogens with one attached hydrogen (secondary N) is 2. The third-order valence-corrected chi connectivity index (χ3v) is 6.38. The van der Waals surface area contributed by atoms with Crippen molar-refractivity contribution in [2.45, 2.75) is 30.2 Å². The van der Waals surface area contributed by atoms with Crippen LogP contribution in [0, 0.1) is 0 Å². The standard InChI is InChI=1S/C27H26N2O6S/c30-23(29-27(26(34)35,18-24(31)32)28-21-14-8-3-9-15-21)17-22(16-19-10-4-1-5-11-19)36-25(33)20-12-6-2-7-13-20/h1-15,22,28H,16-18H2,(H,29,30)(H,31,32)(H,34,35)/t22?,27-/m0/s1. The van der Waals surface area contributed by atoms with Crippen LogP contribution in [0.25, 0.3) is 0 Å². The van der Waals surface area contributed by atoms with Crippen LogP contribution < -0.4 is 10.6 Å². The first-order chi connectivity index (χ1) is 17.3. The molecule has 0 saturated heterocycles. The van der Waals surface area contributed by atoms with Crippen molar-refractivity contribution in [3.05, 3.63) is 102 Å². The summed E-state index contributed by atoms with van der Waals surface area (Å²) in [6, 6.07) is 26.1. The number of para-hydroxylation sites is 1. The first-order valence-electron chi connectivity index (χ1n) is 11.2. The zero-order valence-electron chi connectivity index (χ0n) is 19.3. The molecule has 0 spiro atoms. The summed E-state index contributed by atoms with van der Waals surface area (Å²) in [6.45, 7) is 0. The van der Waals surface area contributed by atoms with Crippen LogP contribution >= 0.6 is 11.8 Å². The normalized spacial score (nSPS) is 13.1. The Morgan fingerprint density at radius 1 is 0.806 bits per heavy atom. The number of carboxylic acid groups (broad SMARTS) is 2. The topological polar surface area (TPSA) is 133 Å². The van der Waals surface area contributed by atoms with E-state index in [0.29, 0.717) is 17.7 Å². The number of thioether (sulfide) groups is 1. The van der Waals surface area contributed by atoms with E-state index < -0.39 is 35.2 Å². The zero-order chi connectivity index (χ0) is 26.0. The summed E-state index contributed by atoms with van der Waals surface area (Å²) in [5, 5.41) is 23.7. The molecular formula is C27H26N2O6S. The molecule has 36 heavy (non-hydrogen) atoms. The van der Waals surface area contributed by atoms with Gasteiger partial charge in [0.15, 0.2) is 0 Å². The van der Waals surface area contributed by atoms with E-state index in [1.807, 2.05) is 30.3 Å². The van der Waals surface area contributed by atoms with Gasteiger partial charge in [-0.25, -0.2) is 4.79 Å². The van der Waals surface area contributed by atoms with Gasteiger partial charge < -0.3 is 20.8 Å². The van der Waals surface area contributed by atoms with Gasteiger partial charge in [-0.05, 0) is 24.1 Å². The van der Waals surface area contributed by atoms with Gasteiger partial charge in [0, 0.05) is 22.9 Å². The van der Waals surface area contributed by atoms with Gasteiger partial charge in [-0.15, -0.1) is 0 Å². The van der Waals surface area contributed by atoms with Crippen LogP contribution in [0.1, 0.15) is 28.8 Å². The maximum atomic E-state index is 13.1. The number of carbonyl (C=O) groups excluding carboxylic acids is 2. The maximum absolute atomic E-state index is 13.1. The van der Waals surface area contributed by atoms with E-state index in [1.165, 1.54) is 0 Å². The second kappa shape index (κ2) is 12.6. The Morgan fingerprint density at radius 3 is 1.92 bits per heavy atom. The van der Waals surface area contributed by atoms with Crippen molar-refractivity contribution in [3.8, 4) is 0 Å². The summed E-state index contributed by atoms with van der Waals surface area (Å²) in [7, 11) is 0. The highest BCUT2D eigenvalue weighted by atomic mass is 32.2. The third kappa shape index (κ3) is 7.71. The van der Waals surface area contributed by atoms with E-state index >= 15 is 0 Å². The molecule has 0 fully saturated rings.